The van der Waals surface area contributed by atoms with Crippen LogP contribution in [0.3, 0.4) is 0 Å². The van der Waals surface area contributed by atoms with Crippen LogP contribution >= 0.6 is 0 Å². The van der Waals surface area contributed by atoms with Crippen molar-refractivity contribution < 1.29 is 22.4 Å². The molecule has 1 aromatic carbocycles. The zero-order chi connectivity index (χ0) is 17.2. The van der Waals surface area contributed by atoms with E-state index in [1.165, 1.54) is 6.33 Å². The third kappa shape index (κ3) is 3.99. The number of aryl methyl sites for hydroxylation is 1. The first-order chi connectivity index (χ1) is 11.4. The van der Waals surface area contributed by atoms with Gasteiger partial charge in [0.2, 0.25) is 5.79 Å². The van der Waals surface area contributed by atoms with Crippen molar-refractivity contribution in [2.45, 2.75) is 31.8 Å². The Labute approximate surface area is 140 Å². The maximum Gasteiger partial charge on any atom is 0.215 e. The number of ether oxygens (including phenoxy) is 2. The Kier molecular flexibility index (Phi) is 4.68. The molecule has 3 rings (SSSR count). The molecule has 0 radical (unpaired) electrons. The summed E-state index contributed by atoms with van der Waals surface area (Å²) >= 11 is 0. The van der Waals surface area contributed by atoms with Crippen LogP contribution < -0.4 is 0 Å². The van der Waals surface area contributed by atoms with E-state index in [0.29, 0.717) is 0 Å². The zero-order valence-corrected chi connectivity index (χ0v) is 14.0. The van der Waals surface area contributed by atoms with Crippen LogP contribution in [0.25, 0.3) is 0 Å². The second kappa shape index (κ2) is 6.60. The number of hydrogen-bond acceptors (Lipinski definition) is 7. The summed E-state index contributed by atoms with van der Waals surface area (Å²) in [5, 5.41) is 4.08. The summed E-state index contributed by atoms with van der Waals surface area (Å²) in [6, 6.07) is 7.69. The number of hydrogen-bond donors (Lipinski definition) is 0. The van der Waals surface area contributed by atoms with Gasteiger partial charge in [-0.1, -0.05) is 29.8 Å². The van der Waals surface area contributed by atoms with E-state index in [1.54, 1.807) is 11.0 Å². The average molecular weight is 352 g/mol. The molecule has 9 heteroatoms. The van der Waals surface area contributed by atoms with Gasteiger partial charge in [-0.25, -0.2) is 18.1 Å². The summed E-state index contributed by atoms with van der Waals surface area (Å²) in [5.41, 5.74) is 1.90. The molecule has 2 unspecified atom stereocenters. The van der Waals surface area contributed by atoms with Gasteiger partial charge in [-0.05, 0) is 13.3 Å². The maximum absolute atomic E-state index is 10.8. The highest BCUT2D eigenvalue weighted by atomic mass is 32.2. The van der Waals surface area contributed by atoms with E-state index >= 15 is 0 Å². The summed E-state index contributed by atoms with van der Waals surface area (Å²) in [7, 11) is -4.28. The molecule has 130 valence electrons. The van der Waals surface area contributed by atoms with Gasteiger partial charge in [0.05, 0.1) is 22.8 Å². The third-order valence-electron chi connectivity index (χ3n) is 3.88. The molecule has 0 N–H and O–H groups in total. The van der Waals surface area contributed by atoms with E-state index in [0.717, 1.165) is 11.1 Å². The molecule has 1 saturated heterocycles. The first-order valence-corrected chi connectivity index (χ1v) is 9.09. The van der Waals surface area contributed by atoms with Crippen LogP contribution in [0.15, 0.2) is 36.9 Å². The van der Waals surface area contributed by atoms with Gasteiger partial charge in [0.1, 0.15) is 19.2 Å². The lowest BCUT2D eigenvalue weighted by Gasteiger charge is -2.28. The van der Waals surface area contributed by atoms with Crippen molar-refractivity contribution in [3.05, 3.63) is 48.0 Å². The molecule has 1 aliphatic rings. The first-order valence-electron chi connectivity index (χ1n) is 7.51. The van der Waals surface area contributed by atoms with E-state index in [9.17, 15) is 13.0 Å². The Balaban J connectivity index is 1.82. The predicted molar refractivity (Wildman–Crippen MR) is 82.9 cm³/mol. The van der Waals surface area contributed by atoms with Gasteiger partial charge >= 0.3 is 0 Å². The Bertz CT molecular complexity index is 776. The van der Waals surface area contributed by atoms with Crippen molar-refractivity contribution >= 4 is 10.1 Å². The molecule has 2 atom stereocenters. The first kappa shape index (κ1) is 17.0. The van der Waals surface area contributed by atoms with Crippen molar-refractivity contribution in [2.24, 2.45) is 0 Å². The molecule has 1 fully saturated rings. The monoisotopic (exact) mass is 352 g/mol. The van der Waals surface area contributed by atoms with E-state index in [1.807, 2.05) is 31.2 Å². The normalized spacial score (nSPS) is 24.3. The standard InChI is InChI=1S/C15H19N3O5S/c1-12-2-4-13(5-3-12)15(9-18-11-16-10-17-18)22-8-14(23-15)6-7-24(19,20)21/h2-5,10-11,14H,6-9H2,1H3,(H,19,20,21)/p-1. The molecule has 8 nitrogen and oxygen atoms in total. The Hall–Kier alpha value is -1.81. The fourth-order valence-corrected chi connectivity index (χ4v) is 3.20. The molecular formula is C15H18N3O5S-. The number of aromatic nitrogens is 3. The van der Waals surface area contributed by atoms with Crippen molar-refractivity contribution in [2.75, 3.05) is 12.4 Å². The number of benzene rings is 1. The van der Waals surface area contributed by atoms with E-state index in [-0.39, 0.29) is 19.6 Å². The molecule has 0 spiro atoms. The van der Waals surface area contributed by atoms with Gasteiger partial charge in [-0.15, -0.1) is 0 Å². The molecule has 24 heavy (non-hydrogen) atoms. The SMILES string of the molecule is Cc1ccc(C2(Cn3cncn3)OCC(CCS(=O)(=O)[O-])O2)cc1. The lowest BCUT2D eigenvalue weighted by Crippen LogP contribution is -2.34. The largest absolute Gasteiger partial charge is 0.748 e. The molecule has 0 amide bonds. The summed E-state index contributed by atoms with van der Waals surface area (Å²) in [4.78, 5) is 3.91. The number of rotatable bonds is 6. The van der Waals surface area contributed by atoms with E-state index in [4.69, 9.17) is 9.47 Å². The van der Waals surface area contributed by atoms with Gasteiger partial charge in [0.25, 0.3) is 0 Å². The summed E-state index contributed by atoms with van der Waals surface area (Å²) < 4.78 is 46.0. The minimum absolute atomic E-state index is 0.0940. The second-order valence-electron chi connectivity index (χ2n) is 5.81. The number of nitrogens with zero attached hydrogens (tertiary/aromatic N) is 3. The fourth-order valence-electron chi connectivity index (χ4n) is 2.64. The molecular weight excluding hydrogens is 334 g/mol. The Morgan fingerprint density at radius 1 is 1.38 bits per heavy atom. The third-order valence-corrected chi connectivity index (χ3v) is 4.61. The van der Waals surface area contributed by atoms with Crippen LogP contribution in [-0.2, 0) is 31.9 Å². The highest BCUT2D eigenvalue weighted by Crippen LogP contribution is 2.37. The average Bonchev–Trinajstić information content (AvgIpc) is 3.16. The van der Waals surface area contributed by atoms with Crippen LogP contribution in [0.2, 0.25) is 0 Å². The molecule has 2 heterocycles. The van der Waals surface area contributed by atoms with Gasteiger partial charge in [-0.3, -0.25) is 0 Å². The minimum Gasteiger partial charge on any atom is -0.748 e. The molecule has 1 aliphatic heterocycles. The van der Waals surface area contributed by atoms with Crippen LogP contribution in [-0.4, -0.2) is 46.2 Å². The van der Waals surface area contributed by atoms with Gasteiger partial charge in [0.15, 0.2) is 0 Å². The molecule has 2 aromatic rings. The quantitative estimate of drug-likeness (QED) is 0.707. The highest BCUT2D eigenvalue weighted by Gasteiger charge is 2.43. The van der Waals surface area contributed by atoms with Gasteiger partial charge in [-0.2, -0.15) is 5.10 Å². The summed E-state index contributed by atoms with van der Waals surface area (Å²) in [5.74, 6) is -1.56. The van der Waals surface area contributed by atoms with Crippen LogP contribution in [0.5, 0.6) is 0 Å². The maximum atomic E-state index is 10.8. The van der Waals surface area contributed by atoms with Crippen LogP contribution in [0.4, 0.5) is 0 Å². The van der Waals surface area contributed by atoms with Crippen molar-refractivity contribution in [1.29, 1.82) is 0 Å². The Morgan fingerprint density at radius 3 is 2.75 bits per heavy atom. The van der Waals surface area contributed by atoms with Crippen molar-refractivity contribution in [3.8, 4) is 0 Å². The second-order valence-corrected chi connectivity index (χ2v) is 7.34. The lowest BCUT2D eigenvalue weighted by molar-refractivity contribution is -0.188. The van der Waals surface area contributed by atoms with Crippen LogP contribution in [0, 0.1) is 6.92 Å². The van der Waals surface area contributed by atoms with Crippen molar-refractivity contribution in [3.63, 3.8) is 0 Å². The summed E-state index contributed by atoms with van der Waals surface area (Å²) in [6.07, 6.45) is 2.59. The highest BCUT2D eigenvalue weighted by molar-refractivity contribution is 7.85. The Morgan fingerprint density at radius 2 is 2.12 bits per heavy atom. The van der Waals surface area contributed by atoms with E-state index < -0.39 is 27.8 Å². The summed E-state index contributed by atoms with van der Waals surface area (Å²) in [6.45, 7) is 2.46. The van der Waals surface area contributed by atoms with Gasteiger partial charge < -0.3 is 14.0 Å². The minimum atomic E-state index is -4.28. The lowest BCUT2D eigenvalue weighted by atomic mass is 10.0. The molecule has 0 aliphatic carbocycles. The van der Waals surface area contributed by atoms with E-state index in [2.05, 4.69) is 10.1 Å². The van der Waals surface area contributed by atoms with Gasteiger partial charge in [0, 0.05) is 11.3 Å². The van der Waals surface area contributed by atoms with Crippen molar-refractivity contribution in [1.82, 2.24) is 14.8 Å². The fraction of sp³-hybridized carbons (Fsp3) is 0.467. The molecule has 0 bridgehead atoms. The van der Waals surface area contributed by atoms with Crippen LogP contribution in [0.1, 0.15) is 17.5 Å². The topological polar surface area (TPSA) is 106 Å². The molecule has 1 aromatic heterocycles. The smallest absolute Gasteiger partial charge is 0.215 e. The predicted octanol–water partition coefficient (Wildman–Crippen LogP) is 0.790. The zero-order valence-electron chi connectivity index (χ0n) is 13.2. The molecule has 0 saturated carbocycles.